The van der Waals surface area contributed by atoms with Crippen molar-refractivity contribution in [1.29, 1.82) is 0 Å². The summed E-state index contributed by atoms with van der Waals surface area (Å²) in [4.78, 5) is 2.58. The molecule has 4 rings (SSSR count). The van der Waals surface area contributed by atoms with Gasteiger partial charge in [0, 0.05) is 26.2 Å². The highest BCUT2D eigenvalue weighted by Crippen LogP contribution is 2.46. The van der Waals surface area contributed by atoms with Crippen molar-refractivity contribution in [2.75, 3.05) is 32.7 Å². The first-order valence-corrected chi connectivity index (χ1v) is 11.3. The third-order valence-electron chi connectivity index (χ3n) is 6.52. The van der Waals surface area contributed by atoms with Crippen LogP contribution in [-0.4, -0.2) is 55.6 Å². The fraction of sp³-hybridized carbons (Fsp3) is 0.700. The van der Waals surface area contributed by atoms with E-state index < -0.39 is 10.0 Å². The largest absolute Gasteiger partial charge is 0.302 e. The van der Waals surface area contributed by atoms with Crippen LogP contribution < -0.4 is 0 Å². The second-order valence-corrected chi connectivity index (χ2v) is 10.5. The second-order valence-electron chi connectivity index (χ2n) is 8.28. The molecule has 0 unspecified atom stereocenters. The number of hydrogen-bond acceptors (Lipinski definition) is 3. The summed E-state index contributed by atoms with van der Waals surface area (Å²) >= 11 is 0. The number of benzene rings is 1. The Morgan fingerprint density at radius 1 is 1.12 bits per heavy atom. The monoisotopic (exact) mass is 362 g/mol. The van der Waals surface area contributed by atoms with Gasteiger partial charge in [0.15, 0.2) is 0 Å². The topological polar surface area (TPSA) is 40.6 Å². The van der Waals surface area contributed by atoms with E-state index in [9.17, 15) is 8.42 Å². The van der Waals surface area contributed by atoms with Crippen LogP contribution in [0.2, 0.25) is 0 Å². The lowest BCUT2D eigenvalue weighted by atomic mass is 9.68. The summed E-state index contributed by atoms with van der Waals surface area (Å²) in [6.07, 6.45) is 4.95. The van der Waals surface area contributed by atoms with Gasteiger partial charge in [-0.1, -0.05) is 37.3 Å². The fourth-order valence-corrected chi connectivity index (χ4v) is 6.69. The predicted octanol–water partition coefficient (Wildman–Crippen LogP) is 3.07. The van der Waals surface area contributed by atoms with E-state index in [-0.39, 0.29) is 10.7 Å². The van der Waals surface area contributed by atoms with E-state index in [0.717, 1.165) is 58.4 Å². The zero-order chi connectivity index (χ0) is 17.5. The van der Waals surface area contributed by atoms with E-state index in [1.807, 2.05) is 0 Å². The van der Waals surface area contributed by atoms with Crippen molar-refractivity contribution in [2.45, 2.75) is 50.2 Å². The maximum Gasteiger partial charge on any atom is 0.216 e. The minimum atomic E-state index is -3.01. The molecular weight excluding hydrogens is 332 g/mol. The quantitative estimate of drug-likeness (QED) is 0.826. The van der Waals surface area contributed by atoms with Crippen molar-refractivity contribution in [1.82, 2.24) is 9.21 Å². The third kappa shape index (κ3) is 3.51. The Balaban J connectivity index is 1.49. The molecule has 2 heterocycles. The summed E-state index contributed by atoms with van der Waals surface area (Å²) in [5, 5.41) is -0.0721. The number of piperidine rings is 2. The van der Waals surface area contributed by atoms with E-state index >= 15 is 0 Å². The van der Waals surface area contributed by atoms with Crippen molar-refractivity contribution in [3.05, 3.63) is 35.9 Å². The van der Waals surface area contributed by atoms with Crippen molar-refractivity contribution >= 4 is 10.0 Å². The van der Waals surface area contributed by atoms with Crippen molar-refractivity contribution in [3.63, 3.8) is 0 Å². The molecule has 0 amide bonds. The highest BCUT2D eigenvalue weighted by molar-refractivity contribution is 7.90. The van der Waals surface area contributed by atoms with E-state index in [0.29, 0.717) is 5.92 Å². The third-order valence-corrected chi connectivity index (χ3v) is 8.92. The van der Waals surface area contributed by atoms with Gasteiger partial charge in [0.1, 0.15) is 0 Å². The standard InChI is InChI=1S/C20H30N2O2S/c1-2-21-15-18(17-6-4-3-5-7-17)14-20(16-21)10-12-22(13-11-20)25(23,24)19-8-9-19/h3-7,18-19H,2,8-16H2,1H3/t18-/m0/s1. The van der Waals surface area contributed by atoms with Crippen LogP contribution in [0.3, 0.4) is 0 Å². The van der Waals surface area contributed by atoms with Gasteiger partial charge in [0.2, 0.25) is 10.0 Å². The summed E-state index contributed by atoms with van der Waals surface area (Å²) < 4.78 is 26.9. The van der Waals surface area contributed by atoms with Crippen LogP contribution in [0.15, 0.2) is 30.3 Å². The molecular formula is C20H30N2O2S. The van der Waals surface area contributed by atoms with Crippen LogP contribution in [0, 0.1) is 5.41 Å². The molecule has 138 valence electrons. The zero-order valence-electron chi connectivity index (χ0n) is 15.2. The zero-order valence-corrected chi connectivity index (χ0v) is 16.0. The van der Waals surface area contributed by atoms with E-state index in [1.54, 1.807) is 4.31 Å². The van der Waals surface area contributed by atoms with Gasteiger partial charge in [0.25, 0.3) is 0 Å². The SMILES string of the molecule is CCN1C[C@@H](c2ccccc2)CC2(CCN(S(=O)(=O)C3CC3)CC2)C1. The van der Waals surface area contributed by atoms with Gasteiger partial charge in [-0.15, -0.1) is 0 Å². The van der Waals surface area contributed by atoms with Gasteiger partial charge in [0.05, 0.1) is 5.25 Å². The molecule has 1 saturated carbocycles. The first-order chi connectivity index (χ1) is 12.0. The van der Waals surface area contributed by atoms with Crippen molar-refractivity contribution < 1.29 is 8.42 Å². The van der Waals surface area contributed by atoms with Gasteiger partial charge in [-0.05, 0) is 55.5 Å². The molecule has 1 aliphatic carbocycles. The summed E-state index contributed by atoms with van der Waals surface area (Å²) in [5.74, 6) is 0.571. The van der Waals surface area contributed by atoms with Gasteiger partial charge in [-0.3, -0.25) is 0 Å². The number of rotatable bonds is 4. The van der Waals surface area contributed by atoms with E-state index in [4.69, 9.17) is 0 Å². The molecule has 0 aromatic heterocycles. The second kappa shape index (κ2) is 6.67. The molecule has 5 heteroatoms. The highest BCUT2D eigenvalue weighted by Gasteiger charge is 2.46. The minimum Gasteiger partial charge on any atom is -0.302 e. The lowest BCUT2D eigenvalue weighted by Gasteiger charge is -2.50. The number of likely N-dealkylation sites (N-methyl/N-ethyl adjacent to an activating group) is 1. The normalized spacial score (nSPS) is 28.3. The molecule has 0 N–H and O–H groups in total. The minimum absolute atomic E-state index is 0.0721. The molecule has 25 heavy (non-hydrogen) atoms. The Bertz CT molecular complexity index is 692. The van der Waals surface area contributed by atoms with E-state index in [2.05, 4.69) is 42.2 Å². The molecule has 1 aromatic rings. The Labute approximate surface area is 152 Å². The number of hydrogen-bond donors (Lipinski definition) is 0. The van der Waals surface area contributed by atoms with Crippen LogP contribution in [0.25, 0.3) is 0 Å². The van der Waals surface area contributed by atoms with Gasteiger partial charge >= 0.3 is 0 Å². The van der Waals surface area contributed by atoms with Crippen LogP contribution >= 0.6 is 0 Å². The van der Waals surface area contributed by atoms with Crippen LogP contribution in [0.1, 0.15) is 50.5 Å². The number of nitrogens with zero attached hydrogens (tertiary/aromatic N) is 2. The van der Waals surface area contributed by atoms with Crippen molar-refractivity contribution in [3.8, 4) is 0 Å². The molecule has 0 radical (unpaired) electrons. The first-order valence-electron chi connectivity index (χ1n) is 9.79. The summed E-state index contributed by atoms with van der Waals surface area (Å²) in [5.41, 5.74) is 1.72. The van der Waals surface area contributed by atoms with Gasteiger partial charge < -0.3 is 4.90 Å². The summed E-state index contributed by atoms with van der Waals surface area (Å²) in [6.45, 7) is 7.02. The Morgan fingerprint density at radius 2 is 1.80 bits per heavy atom. The first kappa shape index (κ1) is 17.5. The maximum absolute atomic E-state index is 12.5. The summed E-state index contributed by atoms with van der Waals surface area (Å²) in [7, 11) is -3.01. The Kier molecular flexibility index (Phi) is 4.67. The molecule has 1 aromatic carbocycles. The van der Waals surface area contributed by atoms with Crippen molar-refractivity contribution in [2.24, 2.45) is 5.41 Å². The maximum atomic E-state index is 12.5. The lowest BCUT2D eigenvalue weighted by Crippen LogP contribution is -2.52. The fourth-order valence-electron chi connectivity index (χ4n) is 4.85. The van der Waals surface area contributed by atoms with Crippen LogP contribution in [-0.2, 0) is 10.0 Å². The smallest absolute Gasteiger partial charge is 0.216 e. The number of sulfonamides is 1. The van der Waals surface area contributed by atoms with E-state index in [1.165, 1.54) is 12.0 Å². The molecule has 2 saturated heterocycles. The predicted molar refractivity (Wildman–Crippen MR) is 101 cm³/mol. The van der Waals surface area contributed by atoms with Gasteiger partial charge in [-0.2, -0.15) is 0 Å². The molecule has 3 fully saturated rings. The Hall–Kier alpha value is -0.910. The van der Waals surface area contributed by atoms with Crippen LogP contribution in [0.4, 0.5) is 0 Å². The number of likely N-dealkylation sites (tertiary alicyclic amines) is 1. The average molecular weight is 363 g/mol. The molecule has 0 bridgehead atoms. The van der Waals surface area contributed by atoms with Crippen LogP contribution in [0.5, 0.6) is 0 Å². The molecule has 3 aliphatic rings. The van der Waals surface area contributed by atoms with Gasteiger partial charge in [-0.25, -0.2) is 12.7 Å². The molecule has 4 nitrogen and oxygen atoms in total. The molecule has 1 atom stereocenters. The lowest BCUT2D eigenvalue weighted by molar-refractivity contribution is 0.0337. The average Bonchev–Trinajstić information content (AvgIpc) is 3.48. The molecule has 2 aliphatic heterocycles. The summed E-state index contributed by atoms with van der Waals surface area (Å²) in [6, 6.07) is 10.9. The molecule has 1 spiro atoms. The highest BCUT2D eigenvalue weighted by atomic mass is 32.2. The Morgan fingerprint density at radius 3 is 2.40 bits per heavy atom.